The fraction of sp³-hybridized carbons (Fsp3) is 0.100. The van der Waals surface area contributed by atoms with Gasteiger partial charge in [-0.15, -0.1) is 0 Å². The van der Waals surface area contributed by atoms with Crippen LogP contribution in [0.15, 0.2) is 259 Å². The molecule has 0 N–H and O–H groups in total. The third-order valence-corrected chi connectivity index (χ3v) is 19.5. The van der Waals surface area contributed by atoms with Crippen LogP contribution in [0.2, 0.25) is 0 Å². The molecule has 0 fully saturated rings. The fourth-order valence-electron chi connectivity index (χ4n) is 14.6. The Hall–Kier alpha value is -9.88. The maximum atomic E-state index is 2.65. The van der Waals surface area contributed by atoms with Crippen LogP contribution in [0.5, 0.6) is 0 Å². The Balaban J connectivity index is 0.999. The summed E-state index contributed by atoms with van der Waals surface area (Å²) in [5.74, 6) is 0. The van der Waals surface area contributed by atoms with Gasteiger partial charge < -0.3 is 24.5 Å². The second kappa shape index (κ2) is 20.9. The molecule has 0 atom stereocenters. The van der Waals surface area contributed by atoms with Crippen molar-refractivity contribution in [1.29, 1.82) is 0 Å². The molecule has 0 radical (unpaired) electrons. The Morgan fingerprint density at radius 1 is 0.250 bits per heavy atom. The van der Waals surface area contributed by atoms with Gasteiger partial charge in [-0.3, -0.25) is 0 Å². The van der Waals surface area contributed by atoms with E-state index in [1.54, 1.807) is 0 Å². The molecule has 0 aromatic heterocycles. The molecule has 16 rings (SSSR count). The highest BCUT2D eigenvalue weighted by Gasteiger charge is 2.48. The van der Waals surface area contributed by atoms with Crippen LogP contribution in [-0.4, -0.2) is 13.4 Å². The average Bonchev–Trinajstić information content (AvgIpc) is 0.745. The summed E-state index contributed by atoms with van der Waals surface area (Å²) in [6, 6.07) is 94.7. The number of benzene rings is 12. The Morgan fingerprint density at radius 2 is 0.625 bits per heavy atom. The Bertz CT molecular complexity index is 4750. The van der Waals surface area contributed by atoms with E-state index in [0.29, 0.717) is 0 Å². The predicted molar refractivity (Wildman–Crippen MR) is 378 cm³/mol. The molecule has 4 heterocycles. The van der Waals surface area contributed by atoms with Gasteiger partial charge in [-0.25, -0.2) is 0 Å². The number of aryl methyl sites for hydroxylation is 8. The van der Waals surface area contributed by atoms with Crippen molar-refractivity contribution in [1.82, 2.24) is 0 Å². The van der Waals surface area contributed by atoms with E-state index in [1.807, 2.05) is 11.8 Å². The molecular weight excluding hydrogens is 1080 g/mol. The van der Waals surface area contributed by atoms with Gasteiger partial charge in [0.05, 0.1) is 5.69 Å². The number of hydrogen-bond acceptors (Lipinski definition) is 6. The third kappa shape index (κ3) is 8.87. The van der Waals surface area contributed by atoms with Crippen LogP contribution in [0.1, 0.15) is 44.5 Å². The van der Waals surface area contributed by atoms with Gasteiger partial charge in [-0.1, -0.05) is 139 Å². The van der Waals surface area contributed by atoms with E-state index in [2.05, 4.69) is 329 Å². The maximum absolute atomic E-state index is 2.65. The van der Waals surface area contributed by atoms with Gasteiger partial charge in [-0.2, -0.15) is 0 Å². The van der Waals surface area contributed by atoms with Gasteiger partial charge in [0, 0.05) is 89.4 Å². The maximum Gasteiger partial charge on any atom is 0.252 e. The molecule has 88 heavy (non-hydrogen) atoms. The summed E-state index contributed by atoms with van der Waals surface area (Å²) in [7, 11) is 0. The summed E-state index contributed by atoms with van der Waals surface area (Å²) >= 11 is 1.93. The molecule has 422 valence electrons. The highest BCUT2D eigenvalue weighted by molar-refractivity contribution is 8.00. The van der Waals surface area contributed by atoms with Crippen molar-refractivity contribution in [3.05, 3.63) is 293 Å². The monoisotopic (exact) mass is 1150 g/mol. The van der Waals surface area contributed by atoms with Crippen molar-refractivity contribution >= 4 is 143 Å². The Kier molecular flexibility index (Phi) is 12.7. The van der Waals surface area contributed by atoms with E-state index in [9.17, 15) is 0 Å². The van der Waals surface area contributed by atoms with E-state index >= 15 is 0 Å². The van der Waals surface area contributed by atoms with Crippen LogP contribution in [0, 0.1) is 55.4 Å². The normalized spacial score (nSPS) is 13.1. The molecule has 0 amide bonds. The summed E-state index contributed by atoms with van der Waals surface area (Å²) in [4.78, 5) is 15.2. The summed E-state index contributed by atoms with van der Waals surface area (Å²) < 4.78 is 0. The molecule has 0 spiro atoms. The smallest absolute Gasteiger partial charge is 0.252 e. The summed E-state index contributed by atoms with van der Waals surface area (Å²) in [5.41, 5.74) is 34.8. The Labute approximate surface area is 523 Å². The minimum Gasteiger partial charge on any atom is -0.311 e. The zero-order valence-electron chi connectivity index (χ0n) is 51.0. The first-order valence-corrected chi connectivity index (χ1v) is 31.6. The highest BCUT2D eigenvalue weighted by atomic mass is 32.2. The van der Waals surface area contributed by atoms with Crippen LogP contribution < -0.4 is 57.3 Å². The van der Waals surface area contributed by atoms with Crippen LogP contribution in [0.4, 0.5) is 85.3 Å². The lowest BCUT2D eigenvalue weighted by atomic mass is 9.31. The van der Waals surface area contributed by atoms with E-state index in [4.69, 9.17) is 0 Å². The molecule has 5 nitrogen and oxygen atoms in total. The summed E-state index contributed by atoms with van der Waals surface area (Å²) in [5, 5.41) is 0. The largest absolute Gasteiger partial charge is 0.311 e. The van der Waals surface area contributed by atoms with E-state index < -0.39 is 0 Å². The first-order chi connectivity index (χ1) is 42.9. The summed E-state index contributed by atoms with van der Waals surface area (Å²) in [6.07, 6.45) is 0. The molecule has 4 aliphatic rings. The van der Waals surface area contributed by atoms with E-state index in [1.165, 1.54) is 116 Å². The molecule has 8 heteroatoms. The van der Waals surface area contributed by atoms with Crippen molar-refractivity contribution in [2.24, 2.45) is 0 Å². The molecule has 12 aromatic rings. The van der Waals surface area contributed by atoms with Crippen LogP contribution in [0.3, 0.4) is 0 Å². The quantitative estimate of drug-likeness (QED) is 0.133. The van der Waals surface area contributed by atoms with Gasteiger partial charge >= 0.3 is 0 Å². The average molecular weight is 1150 g/mol. The van der Waals surface area contributed by atoms with Gasteiger partial charge in [0.15, 0.2) is 0 Å². The lowest BCUT2D eigenvalue weighted by molar-refractivity contribution is 1.21. The molecule has 0 bridgehead atoms. The Morgan fingerprint density at radius 3 is 1.08 bits per heavy atom. The fourth-order valence-corrected chi connectivity index (χ4v) is 15.8. The molecule has 0 saturated carbocycles. The first-order valence-electron chi connectivity index (χ1n) is 30.8. The second-order valence-electron chi connectivity index (χ2n) is 24.9. The van der Waals surface area contributed by atoms with Gasteiger partial charge in [-0.05, 0) is 255 Å². The van der Waals surface area contributed by atoms with Gasteiger partial charge in [0.1, 0.15) is 0 Å². The van der Waals surface area contributed by atoms with Crippen molar-refractivity contribution < 1.29 is 0 Å². The topological polar surface area (TPSA) is 16.2 Å². The minimum absolute atomic E-state index is 0.0702. The number of rotatable bonds is 9. The molecular formula is C80H65B2N5S. The minimum atomic E-state index is -0.113. The lowest BCUT2D eigenvalue weighted by Crippen LogP contribution is -2.64. The molecule has 0 aliphatic carbocycles. The number of hydrogen-bond donors (Lipinski definition) is 0. The number of nitrogens with zero attached hydrogens (tertiary/aromatic N) is 5. The zero-order valence-corrected chi connectivity index (χ0v) is 51.8. The molecule has 0 saturated heterocycles. The third-order valence-electron chi connectivity index (χ3n) is 18.3. The van der Waals surface area contributed by atoms with E-state index in [0.717, 1.165) is 56.9 Å². The molecule has 12 aromatic carbocycles. The zero-order chi connectivity index (χ0) is 59.6. The number of anilines is 15. The summed E-state index contributed by atoms with van der Waals surface area (Å²) in [6.45, 7) is 17.5. The first kappa shape index (κ1) is 53.6. The number of fused-ring (bicyclic) bond motifs is 8. The van der Waals surface area contributed by atoms with Crippen molar-refractivity contribution in [3.8, 4) is 0 Å². The van der Waals surface area contributed by atoms with Gasteiger partial charge in [0.25, 0.3) is 6.71 Å². The SMILES string of the molecule is Cc1cccc(N(c2cccc(C)c2)c2cc3c4c(c2)N(c2cccc(C)c2)c2cc(C)ccc2B4c2cc4c(cc2S3)N(c2ccccc2)c2cc(N(c3cccc(C)c3)c3cccc(C)c3)cc3c2B4c2ccc(C)cc2N3c2cccc(C)c2)c1. The number of para-hydroxylation sites is 1. The molecule has 0 unspecified atom stereocenters. The van der Waals surface area contributed by atoms with E-state index in [-0.39, 0.29) is 13.4 Å². The molecule has 4 aliphatic heterocycles. The second-order valence-corrected chi connectivity index (χ2v) is 25.9. The van der Waals surface area contributed by atoms with Crippen LogP contribution in [-0.2, 0) is 0 Å². The lowest BCUT2D eigenvalue weighted by Gasteiger charge is -2.46. The van der Waals surface area contributed by atoms with Crippen molar-refractivity contribution in [2.45, 2.75) is 65.2 Å². The van der Waals surface area contributed by atoms with Gasteiger partial charge in [0.2, 0.25) is 6.71 Å². The van der Waals surface area contributed by atoms with Crippen LogP contribution in [0.25, 0.3) is 0 Å². The van der Waals surface area contributed by atoms with Crippen molar-refractivity contribution in [3.63, 3.8) is 0 Å². The van der Waals surface area contributed by atoms with Crippen molar-refractivity contribution in [2.75, 3.05) is 24.5 Å². The predicted octanol–water partition coefficient (Wildman–Crippen LogP) is 17.9. The van der Waals surface area contributed by atoms with Crippen LogP contribution >= 0.6 is 11.8 Å². The highest BCUT2D eigenvalue weighted by Crippen LogP contribution is 2.52. The standard InChI is InChI=1S/C80H65B2N5S/c1-50-18-12-26-59(36-50)83(60-27-13-19-51(2)37-60)65-44-74-79-75(45-65)86(63-30-16-22-54(5)40-63)71-42-56(7)32-34-67(71)81(79)69-48-70-77(49-73(69)85(74)58-24-10-9-11-25-58)88-78-47-66(84(61-28-14-20-52(3)38-61)62-29-15-21-53(4)39-62)46-76-80(78)82(70)68-35-33-57(8)43-72(68)87(76)64-31-17-23-55(6)41-64/h9-49H,1-8H3.